The van der Waals surface area contributed by atoms with Gasteiger partial charge in [-0.2, -0.15) is 4.98 Å². The average Bonchev–Trinajstić information content (AvgIpc) is 2.62. The van der Waals surface area contributed by atoms with Crippen molar-refractivity contribution in [2.75, 3.05) is 6.61 Å². The summed E-state index contributed by atoms with van der Waals surface area (Å²) in [5.41, 5.74) is 1.11. The third-order valence-corrected chi connectivity index (χ3v) is 4.57. The average molecular weight is 413 g/mol. The fourth-order valence-corrected chi connectivity index (χ4v) is 2.89. The number of nitrogens with one attached hydrogen (secondary N) is 1. The summed E-state index contributed by atoms with van der Waals surface area (Å²) in [4.78, 5) is 34.0. The fraction of sp³-hybridized carbons (Fsp3) is 0.412. The molecule has 0 fully saturated rings. The lowest BCUT2D eigenvalue weighted by Crippen LogP contribution is -2.42. The third kappa shape index (κ3) is 3.91. The Morgan fingerprint density at radius 3 is 2.36 bits per heavy atom. The molecule has 0 amide bonds. The molecule has 28 heavy (non-hydrogen) atoms. The first kappa shape index (κ1) is 21.9. The second kappa shape index (κ2) is 8.33. The van der Waals surface area contributed by atoms with Crippen molar-refractivity contribution in [3.63, 3.8) is 0 Å². The Hall–Kier alpha value is -2.37. The van der Waals surface area contributed by atoms with Crippen LogP contribution in [0.1, 0.15) is 11.1 Å². The number of H-pyrrole nitrogens is 1. The van der Waals surface area contributed by atoms with Gasteiger partial charge in [-0.15, -0.1) is 12.4 Å². The van der Waals surface area contributed by atoms with E-state index < -0.39 is 36.2 Å². The van der Waals surface area contributed by atoms with E-state index in [9.17, 15) is 24.9 Å². The van der Waals surface area contributed by atoms with Gasteiger partial charge in [-0.05, 0) is 37.1 Å². The minimum Gasteiger partial charge on any atom is -0.394 e. The van der Waals surface area contributed by atoms with Crippen molar-refractivity contribution in [1.82, 2.24) is 19.5 Å². The van der Waals surface area contributed by atoms with Gasteiger partial charge in [-0.25, -0.2) is 9.78 Å². The van der Waals surface area contributed by atoms with E-state index in [0.29, 0.717) is 11.0 Å². The van der Waals surface area contributed by atoms with E-state index in [1.54, 1.807) is 12.1 Å². The van der Waals surface area contributed by atoms with Gasteiger partial charge in [-0.3, -0.25) is 9.78 Å². The van der Waals surface area contributed by atoms with Crippen LogP contribution in [0.2, 0.25) is 0 Å². The van der Waals surface area contributed by atoms with Gasteiger partial charge in [0, 0.05) is 0 Å². The van der Waals surface area contributed by atoms with Crippen LogP contribution in [0, 0.1) is 13.8 Å². The zero-order chi connectivity index (χ0) is 19.9. The lowest BCUT2D eigenvalue weighted by molar-refractivity contribution is -0.0802. The number of hydrogen-bond donors (Lipinski definition) is 5. The molecular weight excluding hydrogens is 392 g/mol. The highest BCUT2D eigenvalue weighted by Gasteiger charge is 2.27. The fourth-order valence-electron chi connectivity index (χ4n) is 2.89. The summed E-state index contributed by atoms with van der Waals surface area (Å²) in [6.45, 7) is 2.73. The Balaban J connectivity index is 0.00000280. The van der Waals surface area contributed by atoms with Crippen molar-refractivity contribution in [2.45, 2.75) is 38.7 Å². The Morgan fingerprint density at radius 1 is 1.07 bits per heavy atom. The molecule has 0 radical (unpaired) electrons. The number of aryl methyl sites for hydroxylation is 2. The Bertz CT molecular complexity index is 1080. The number of aliphatic hydroxyl groups is 4. The Kier molecular flexibility index (Phi) is 6.52. The molecule has 3 unspecified atom stereocenters. The maximum Gasteiger partial charge on any atom is 0.349 e. The summed E-state index contributed by atoms with van der Waals surface area (Å²) >= 11 is 0. The second-order valence-electron chi connectivity index (χ2n) is 6.50. The molecule has 3 rings (SSSR count). The van der Waals surface area contributed by atoms with E-state index in [1.165, 1.54) is 4.57 Å². The first-order chi connectivity index (χ1) is 12.7. The highest BCUT2D eigenvalue weighted by molar-refractivity contribution is 5.85. The number of hydrogen-bond acceptors (Lipinski definition) is 8. The van der Waals surface area contributed by atoms with Crippen LogP contribution in [-0.4, -0.2) is 64.9 Å². The highest BCUT2D eigenvalue weighted by atomic mass is 35.5. The molecule has 5 N–H and O–H groups in total. The number of nitrogens with zero attached hydrogens (tertiary/aromatic N) is 3. The largest absolute Gasteiger partial charge is 0.394 e. The van der Waals surface area contributed by atoms with Crippen LogP contribution in [0.4, 0.5) is 0 Å². The van der Waals surface area contributed by atoms with Gasteiger partial charge in [0.2, 0.25) is 0 Å². The van der Waals surface area contributed by atoms with E-state index in [4.69, 9.17) is 5.11 Å². The molecule has 0 aliphatic carbocycles. The van der Waals surface area contributed by atoms with Crippen molar-refractivity contribution in [2.24, 2.45) is 0 Å². The Morgan fingerprint density at radius 2 is 1.71 bits per heavy atom. The smallest absolute Gasteiger partial charge is 0.349 e. The van der Waals surface area contributed by atoms with Crippen molar-refractivity contribution < 1.29 is 20.4 Å². The van der Waals surface area contributed by atoms with Crippen LogP contribution >= 0.6 is 12.4 Å². The zero-order valence-corrected chi connectivity index (χ0v) is 16.0. The van der Waals surface area contributed by atoms with Crippen LogP contribution < -0.4 is 11.2 Å². The normalized spacial score (nSPS) is 14.6. The van der Waals surface area contributed by atoms with E-state index in [1.807, 2.05) is 13.8 Å². The van der Waals surface area contributed by atoms with Gasteiger partial charge < -0.3 is 25.0 Å². The number of halogens is 1. The maximum absolute atomic E-state index is 12.2. The standard InChI is InChI=1S/C17H20N4O6.ClH/c1-7-3-9-10(4-8(7)2)21(5-11(23)14(25)12(24)6-22)15-13(18-9)16(26)20-17(27)19-15;/h3-4,11-12,14,22-25H,5-6H2,1-2H3,(H,20,26,27);1H. The van der Waals surface area contributed by atoms with Gasteiger partial charge in [0.15, 0.2) is 11.5 Å². The van der Waals surface area contributed by atoms with E-state index in [0.717, 1.165) is 11.1 Å². The van der Waals surface area contributed by atoms with Gasteiger partial charge in [0.05, 0.1) is 24.2 Å². The van der Waals surface area contributed by atoms with E-state index >= 15 is 0 Å². The quantitative estimate of drug-likeness (QED) is 0.323. The summed E-state index contributed by atoms with van der Waals surface area (Å²) in [6.07, 6.45) is -4.68. The minimum absolute atomic E-state index is 0. The molecule has 0 aromatic heterocycles. The van der Waals surface area contributed by atoms with Gasteiger partial charge in [0.1, 0.15) is 18.3 Å². The van der Waals surface area contributed by atoms with Crippen molar-refractivity contribution >= 4 is 23.4 Å². The second-order valence-corrected chi connectivity index (χ2v) is 6.50. The van der Waals surface area contributed by atoms with Crippen LogP contribution in [0.3, 0.4) is 0 Å². The van der Waals surface area contributed by atoms with Crippen LogP contribution in [0.15, 0.2) is 21.7 Å². The number of fused-ring (bicyclic) bond motifs is 2. The molecule has 152 valence electrons. The molecule has 10 nitrogen and oxygen atoms in total. The number of benzene rings is 1. The topological polar surface area (TPSA) is 162 Å². The molecule has 2 aliphatic rings. The zero-order valence-electron chi connectivity index (χ0n) is 15.2. The van der Waals surface area contributed by atoms with Crippen LogP contribution in [0.25, 0.3) is 22.6 Å². The van der Waals surface area contributed by atoms with Crippen molar-refractivity contribution in [3.8, 4) is 11.5 Å². The molecular formula is C17H21ClN4O6. The molecule has 0 bridgehead atoms. The molecule has 0 saturated carbocycles. The summed E-state index contributed by atoms with van der Waals surface area (Å²) < 4.78 is 1.40. The molecule has 1 aromatic rings. The molecule has 0 spiro atoms. The maximum atomic E-state index is 12.2. The molecule has 2 heterocycles. The molecule has 3 atom stereocenters. The van der Waals surface area contributed by atoms with Gasteiger partial charge >= 0.3 is 5.69 Å². The number of rotatable bonds is 5. The molecule has 2 aliphatic heterocycles. The first-order valence-corrected chi connectivity index (χ1v) is 8.29. The predicted molar refractivity (Wildman–Crippen MR) is 103 cm³/mol. The summed E-state index contributed by atoms with van der Waals surface area (Å²) in [6, 6.07) is 3.53. The first-order valence-electron chi connectivity index (χ1n) is 8.29. The summed E-state index contributed by atoms with van der Waals surface area (Å²) in [5.74, 6) is -0.0516. The van der Waals surface area contributed by atoms with Gasteiger partial charge in [0.25, 0.3) is 5.56 Å². The molecule has 0 saturated heterocycles. The summed E-state index contributed by atoms with van der Waals surface area (Å²) in [5, 5.41) is 38.8. The number of aliphatic hydroxyl groups excluding tert-OH is 4. The predicted octanol–water partition coefficient (Wildman–Crippen LogP) is -1.30. The van der Waals surface area contributed by atoms with Crippen molar-refractivity contribution in [1.29, 1.82) is 0 Å². The SMILES string of the molecule is Cc1cc2nc3c(=O)[nH]c(=O)nc-3n(CC(O)C(O)C(O)CO)c2cc1C.Cl. The lowest BCUT2D eigenvalue weighted by Gasteiger charge is -2.25. The molecule has 1 aromatic carbocycles. The number of aromatic amines is 1. The monoisotopic (exact) mass is 412 g/mol. The van der Waals surface area contributed by atoms with Crippen LogP contribution in [-0.2, 0) is 6.54 Å². The highest BCUT2D eigenvalue weighted by Crippen LogP contribution is 2.24. The molecule has 11 heteroatoms. The van der Waals surface area contributed by atoms with Crippen LogP contribution in [0.5, 0.6) is 0 Å². The minimum atomic E-state index is -1.64. The van der Waals surface area contributed by atoms with E-state index in [2.05, 4.69) is 15.0 Å². The Labute approximate surface area is 164 Å². The van der Waals surface area contributed by atoms with E-state index in [-0.39, 0.29) is 30.5 Å². The number of aromatic nitrogens is 4. The lowest BCUT2D eigenvalue weighted by atomic mass is 10.1. The summed E-state index contributed by atoms with van der Waals surface area (Å²) in [7, 11) is 0. The third-order valence-electron chi connectivity index (χ3n) is 4.57. The van der Waals surface area contributed by atoms with Gasteiger partial charge in [-0.1, -0.05) is 0 Å². The van der Waals surface area contributed by atoms with Crippen molar-refractivity contribution in [3.05, 3.63) is 44.1 Å².